The van der Waals surface area contributed by atoms with Crippen LogP contribution in [0.5, 0.6) is 0 Å². The van der Waals surface area contributed by atoms with E-state index in [1.807, 2.05) is 6.07 Å². The molecule has 0 unspecified atom stereocenters. The first kappa shape index (κ1) is 15.3. The summed E-state index contributed by atoms with van der Waals surface area (Å²) in [6, 6.07) is 11.0. The van der Waals surface area contributed by atoms with Crippen LogP contribution in [0, 0.1) is 5.82 Å². The average Bonchev–Trinajstić information content (AvgIpc) is 2.57. The molecule has 1 aromatic heterocycles. The highest BCUT2D eigenvalue weighted by Gasteiger charge is 2.33. The molecule has 3 aromatic rings. The molecule has 0 radical (unpaired) electrons. The maximum atomic E-state index is 14.2. The lowest BCUT2D eigenvalue weighted by atomic mass is 9.77. The van der Waals surface area contributed by atoms with E-state index in [4.69, 9.17) is 11.6 Å². The number of nitrogens with one attached hydrogen (secondary N) is 2. The van der Waals surface area contributed by atoms with Gasteiger partial charge in [-0.1, -0.05) is 30.7 Å². The van der Waals surface area contributed by atoms with Crippen LogP contribution >= 0.6 is 11.6 Å². The summed E-state index contributed by atoms with van der Waals surface area (Å²) in [7, 11) is 0. The second-order valence-electron chi connectivity index (χ2n) is 6.34. The molecule has 2 heterocycles. The number of fused-ring (bicyclic) bond motifs is 1. The molecular formula is C18H16ClFN4. The second kappa shape index (κ2) is 5.69. The minimum Gasteiger partial charge on any atom is -0.337 e. The van der Waals surface area contributed by atoms with Crippen LogP contribution in [-0.4, -0.2) is 23.1 Å². The van der Waals surface area contributed by atoms with Gasteiger partial charge in [-0.2, -0.15) is 0 Å². The quantitative estimate of drug-likeness (QED) is 0.754. The predicted octanol–water partition coefficient (Wildman–Crippen LogP) is 4.03. The number of anilines is 2. The Bertz CT molecular complexity index is 924. The molecule has 0 bridgehead atoms. The monoisotopic (exact) mass is 342 g/mol. The first-order valence-electron chi connectivity index (χ1n) is 7.74. The van der Waals surface area contributed by atoms with Crippen LogP contribution in [0.1, 0.15) is 12.5 Å². The van der Waals surface area contributed by atoms with Crippen LogP contribution in [0.2, 0.25) is 5.02 Å². The molecule has 0 amide bonds. The molecule has 1 saturated heterocycles. The van der Waals surface area contributed by atoms with E-state index in [1.54, 1.807) is 12.1 Å². The Balaban J connectivity index is 1.80. The fourth-order valence-electron chi connectivity index (χ4n) is 2.96. The van der Waals surface area contributed by atoms with Crippen molar-refractivity contribution < 1.29 is 4.39 Å². The summed E-state index contributed by atoms with van der Waals surface area (Å²) in [5.41, 5.74) is 2.44. The zero-order valence-corrected chi connectivity index (χ0v) is 13.9. The first-order valence-corrected chi connectivity index (χ1v) is 8.12. The molecule has 24 heavy (non-hydrogen) atoms. The largest absolute Gasteiger partial charge is 0.337 e. The maximum Gasteiger partial charge on any atom is 0.165 e. The lowest BCUT2D eigenvalue weighted by molar-refractivity contribution is 0.306. The van der Waals surface area contributed by atoms with Crippen molar-refractivity contribution in [2.24, 2.45) is 0 Å². The standard InChI is InChI=1S/C18H16ClFN4/c1-18(8-21-9-18)11-5-6-14-12(7-11)17(23-10-22-14)24-15-4-2-3-13(19)16(15)20/h2-7,10,21H,8-9H2,1H3,(H,22,23,24). The van der Waals surface area contributed by atoms with Gasteiger partial charge in [0.1, 0.15) is 12.1 Å². The zero-order valence-electron chi connectivity index (χ0n) is 13.1. The van der Waals surface area contributed by atoms with E-state index in [9.17, 15) is 4.39 Å². The Hall–Kier alpha value is -2.24. The molecule has 1 aliphatic rings. The molecule has 4 rings (SSSR count). The number of aromatic nitrogens is 2. The third-order valence-corrected chi connectivity index (χ3v) is 4.86. The number of halogens is 2. The van der Waals surface area contributed by atoms with Gasteiger partial charge in [0.25, 0.3) is 0 Å². The van der Waals surface area contributed by atoms with Gasteiger partial charge in [-0.15, -0.1) is 0 Å². The molecule has 1 aliphatic heterocycles. The fourth-order valence-corrected chi connectivity index (χ4v) is 3.14. The van der Waals surface area contributed by atoms with Gasteiger partial charge in [-0.05, 0) is 29.8 Å². The van der Waals surface area contributed by atoms with Gasteiger partial charge in [-0.3, -0.25) is 0 Å². The molecule has 4 nitrogen and oxygen atoms in total. The van der Waals surface area contributed by atoms with E-state index in [-0.39, 0.29) is 10.4 Å². The SMILES string of the molecule is CC1(c2ccc3ncnc(Nc4cccc(Cl)c4F)c3c2)CNC1. The van der Waals surface area contributed by atoms with E-state index in [1.165, 1.54) is 18.0 Å². The normalized spacial score (nSPS) is 16.0. The predicted molar refractivity (Wildman–Crippen MR) is 94.5 cm³/mol. The van der Waals surface area contributed by atoms with Crippen LogP contribution in [0.15, 0.2) is 42.7 Å². The summed E-state index contributed by atoms with van der Waals surface area (Å²) in [5.74, 6) is 0.0798. The smallest absolute Gasteiger partial charge is 0.165 e. The number of rotatable bonds is 3. The van der Waals surface area contributed by atoms with Gasteiger partial charge in [0.2, 0.25) is 0 Å². The van der Waals surface area contributed by atoms with Crippen LogP contribution in [-0.2, 0) is 5.41 Å². The number of hydrogen-bond acceptors (Lipinski definition) is 4. The highest BCUT2D eigenvalue weighted by atomic mass is 35.5. The van der Waals surface area contributed by atoms with Crippen LogP contribution in [0.4, 0.5) is 15.9 Å². The van der Waals surface area contributed by atoms with E-state index in [0.29, 0.717) is 11.5 Å². The van der Waals surface area contributed by atoms with Gasteiger partial charge in [-0.25, -0.2) is 14.4 Å². The molecule has 2 N–H and O–H groups in total. The first-order chi connectivity index (χ1) is 11.6. The summed E-state index contributed by atoms with van der Waals surface area (Å²) >= 11 is 5.86. The van der Waals surface area contributed by atoms with Gasteiger partial charge >= 0.3 is 0 Å². The van der Waals surface area contributed by atoms with Gasteiger partial charge in [0, 0.05) is 23.9 Å². The Morgan fingerprint density at radius 2 is 2.04 bits per heavy atom. The van der Waals surface area contributed by atoms with Crippen molar-refractivity contribution in [1.29, 1.82) is 0 Å². The molecule has 0 aliphatic carbocycles. The van der Waals surface area contributed by atoms with Crippen LogP contribution in [0.25, 0.3) is 10.9 Å². The van der Waals surface area contributed by atoms with Gasteiger partial charge in [0.15, 0.2) is 5.82 Å². The lowest BCUT2D eigenvalue weighted by Gasteiger charge is -2.40. The minimum absolute atomic E-state index is 0.0760. The maximum absolute atomic E-state index is 14.2. The summed E-state index contributed by atoms with van der Waals surface area (Å²) in [5, 5.41) is 7.29. The van der Waals surface area contributed by atoms with Crippen LogP contribution < -0.4 is 10.6 Å². The zero-order chi connectivity index (χ0) is 16.7. The fraction of sp³-hybridized carbons (Fsp3) is 0.222. The van der Waals surface area contributed by atoms with Crippen molar-refractivity contribution in [1.82, 2.24) is 15.3 Å². The highest BCUT2D eigenvalue weighted by molar-refractivity contribution is 6.31. The lowest BCUT2D eigenvalue weighted by Crippen LogP contribution is -2.54. The van der Waals surface area contributed by atoms with E-state index in [0.717, 1.165) is 24.0 Å². The molecule has 2 aromatic carbocycles. The van der Waals surface area contributed by atoms with Crippen molar-refractivity contribution in [2.45, 2.75) is 12.3 Å². The van der Waals surface area contributed by atoms with Crippen molar-refractivity contribution >= 4 is 34.0 Å². The van der Waals surface area contributed by atoms with E-state index < -0.39 is 5.82 Å². The third kappa shape index (κ3) is 2.50. The Labute approximate surface area is 144 Å². The summed E-state index contributed by atoms with van der Waals surface area (Å²) in [6.45, 7) is 4.11. The Morgan fingerprint density at radius 3 is 2.79 bits per heavy atom. The van der Waals surface area contributed by atoms with E-state index >= 15 is 0 Å². The summed E-state index contributed by atoms with van der Waals surface area (Å²) in [6.07, 6.45) is 1.47. The van der Waals surface area contributed by atoms with Gasteiger partial charge < -0.3 is 10.6 Å². The molecule has 122 valence electrons. The van der Waals surface area contributed by atoms with Crippen LogP contribution in [0.3, 0.4) is 0 Å². The van der Waals surface area contributed by atoms with Crippen molar-refractivity contribution in [3.63, 3.8) is 0 Å². The van der Waals surface area contributed by atoms with E-state index in [2.05, 4.69) is 39.7 Å². The topological polar surface area (TPSA) is 49.8 Å². The molecule has 0 atom stereocenters. The summed E-state index contributed by atoms with van der Waals surface area (Å²) < 4.78 is 14.2. The highest BCUT2D eigenvalue weighted by Crippen LogP contribution is 2.33. The Kier molecular flexibility index (Phi) is 3.62. The van der Waals surface area contributed by atoms with Crippen molar-refractivity contribution in [3.05, 3.63) is 59.1 Å². The number of benzene rings is 2. The molecule has 1 fully saturated rings. The minimum atomic E-state index is -0.489. The average molecular weight is 343 g/mol. The third-order valence-electron chi connectivity index (χ3n) is 4.57. The van der Waals surface area contributed by atoms with Crippen molar-refractivity contribution in [3.8, 4) is 0 Å². The Morgan fingerprint density at radius 1 is 1.21 bits per heavy atom. The number of hydrogen-bond donors (Lipinski definition) is 2. The second-order valence-corrected chi connectivity index (χ2v) is 6.75. The van der Waals surface area contributed by atoms with Crippen molar-refractivity contribution in [2.75, 3.05) is 18.4 Å². The van der Waals surface area contributed by atoms with Gasteiger partial charge in [0.05, 0.1) is 16.2 Å². The molecule has 0 saturated carbocycles. The summed E-state index contributed by atoms with van der Waals surface area (Å²) in [4.78, 5) is 8.60. The molecule has 6 heteroatoms. The molecular weight excluding hydrogens is 327 g/mol. The molecule has 0 spiro atoms. The number of nitrogens with zero attached hydrogens (tertiary/aromatic N) is 2.